The zero-order chi connectivity index (χ0) is 10.9. The summed E-state index contributed by atoms with van der Waals surface area (Å²) in [7, 11) is 0. The molecule has 0 aliphatic heterocycles. The van der Waals surface area contributed by atoms with Crippen molar-refractivity contribution in [2.75, 3.05) is 0 Å². The number of halogens is 4. The van der Waals surface area contributed by atoms with E-state index in [0.717, 1.165) is 6.07 Å². The standard InChI is InChI=1S/C10H10BrF3/c1-5(2)10(11)6-3-8(13)9(14)4-7(6)12/h3-5,10H,1-2H3. The van der Waals surface area contributed by atoms with Crippen LogP contribution in [0.2, 0.25) is 0 Å². The van der Waals surface area contributed by atoms with Crippen molar-refractivity contribution in [3.05, 3.63) is 35.1 Å². The number of hydrogen-bond donors (Lipinski definition) is 0. The molecular weight excluding hydrogens is 257 g/mol. The molecule has 1 rings (SSSR count). The fraction of sp³-hybridized carbons (Fsp3) is 0.400. The summed E-state index contributed by atoms with van der Waals surface area (Å²) in [5.41, 5.74) is 0.152. The molecule has 4 heteroatoms. The Kier molecular flexibility index (Phi) is 3.59. The lowest BCUT2D eigenvalue weighted by Crippen LogP contribution is -2.03. The number of rotatable bonds is 2. The lowest BCUT2D eigenvalue weighted by molar-refractivity contribution is 0.484. The predicted octanol–water partition coefficient (Wildman–Crippen LogP) is 4.20. The Labute approximate surface area is 89.3 Å². The summed E-state index contributed by atoms with van der Waals surface area (Å²) < 4.78 is 38.6. The largest absolute Gasteiger partial charge is 0.207 e. The van der Waals surface area contributed by atoms with Gasteiger partial charge in [0.15, 0.2) is 11.6 Å². The first-order valence-electron chi connectivity index (χ1n) is 4.22. The molecule has 78 valence electrons. The van der Waals surface area contributed by atoms with Gasteiger partial charge in [-0.3, -0.25) is 0 Å². The van der Waals surface area contributed by atoms with E-state index < -0.39 is 17.5 Å². The van der Waals surface area contributed by atoms with Crippen LogP contribution in [-0.2, 0) is 0 Å². The number of benzene rings is 1. The molecule has 1 unspecified atom stereocenters. The summed E-state index contributed by atoms with van der Waals surface area (Å²) in [6.45, 7) is 3.72. The van der Waals surface area contributed by atoms with Crippen LogP contribution in [0.4, 0.5) is 13.2 Å². The van der Waals surface area contributed by atoms with Crippen LogP contribution in [0.15, 0.2) is 12.1 Å². The molecule has 0 radical (unpaired) electrons. The first kappa shape index (κ1) is 11.6. The molecule has 0 N–H and O–H groups in total. The molecule has 0 saturated carbocycles. The summed E-state index contributed by atoms with van der Waals surface area (Å²) in [5, 5.41) is 0. The van der Waals surface area contributed by atoms with Gasteiger partial charge < -0.3 is 0 Å². The zero-order valence-corrected chi connectivity index (χ0v) is 9.41. The Bertz CT molecular complexity index is 336. The van der Waals surface area contributed by atoms with Crippen LogP contribution in [0.25, 0.3) is 0 Å². The van der Waals surface area contributed by atoms with Crippen molar-refractivity contribution < 1.29 is 13.2 Å². The second kappa shape index (κ2) is 4.34. The first-order valence-corrected chi connectivity index (χ1v) is 5.13. The molecule has 0 bridgehead atoms. The van der Waals surface area contributed by atoms with Crippen LogP contribution in [0.3, 0.4) is 0 Å². The molecule has 0 aliphatic carbocycles. The number of alkyl halides is 1. The van der Waals surface area contributed by atoms with E-state index in [-0.39, 0.29) is 16.3 Å². The Hall–Kier alpha value is -0.510. The Morgan fingerprint density at radius 3 is 2.00 bits per heavy atom. The van der Waals surface area contributed by atoms with Gasteiger partial charge in [0, 0.05) is 16.5 Å². The molecule has 1 aromatic rings. The van der Waals surface area contributed by atoms with Gasteiger partial charge in [-0.25, -0.2) is 13.2 Å². The van der Waals surface area contributed by atoms with Crippen LogP contribution < -0.4 is 0 Å². The first-order chi connectivity index (χ1) is 6.43. The van der Waals surface area contributed by atoms with E-state index in [4.69, 9.17) is 0 Å². The van der Waals surface area contributed by atoms with Crippen LogP contribution in [0.5, 0.6) is 0 Å². The highest BCUT2D eigenvalue weighted by Crippen LogP contribution is 2.33. The third-order valence-electron chi connectivity index (χ3n) is 1.92. The highest BCUT2D eigenvalue weighted by atomic mass is 79.9. The van der Waals surface area contributed by atoms with E-state index in [1.165, 1.54) is 0 Å². The van der Waals surface area contributed by atoms with Crippen LogP contribution in [-0.4, -0.2) is 0 Å². The van der Waals surface area contributed by atoms with Crippen molar-refractivity contribution >= 4 is 15.9 Å². The van der Waals surface area contributed by atoms with Crippen molar-refractivity contribution in [2.45, 2.75) is 18.7 Å². The fourth-order valence-electron chi connectivity index (χ4n) is 1.11. The zero-order valence-electron chi connectivity index (χ0n) is 7.82. The molecule has 1 atom stereocenters. The highest BCUT2D eigenvalue weighted by Gasteiger charge is 2.18. The molecule has 0 nitrogen and oxygen atoms in total. The SMILES string of the molecule is CC(C)C(Br)c1cc(F)c(F)cc1F. The smallest absolute Gasteiger partial charge is 0.161 e. The number of hydrogen-bond acceptors (Lipinski definition) is 0. The molecule has 0 aliphatic rings. The lowest BCUT2D eigenvalue weighted by atomic mass is 10.0. The van der Waals surface area contributed by atoms with Gasteiger partial charge in [0.25, 0.3) is 0 Å². The van der Waals surface area contributed by atoms with Crippen LogP contribution in [0, 0.1) is 23.4 Å². The summed E-state index contributed by atoms with van der Waals surface area (Å²) in [4.78, 5) is -0.308. The molecule has 1 aromatic carbocycles. The summed E-state index contributed by atoms with van der Waals surface area (Å²) in [6, 6.07) is 1.46. The topological polar surface area (TPSA) is 0 Å². The Balaban J connectivity index is 3.15. The minimum Gasteiger partial charge on any atom is -0.207 e. The third-order valence-corrected chi connectivity index (χ3v) is 3.47. The molecular formula is C10H10BrF3. The minimum atomic E-state index is -1.16. The van der Waals surface area contributed by atoms with E-state index in [2.05, 4.69) is 15.9 Å². The monoisotopic (exact) mass is 266 g/mol. The van der Waals surface area contributed by atoms with Gasteiger partial charge in [-0.15, -0.1) is 0 Å². The molecule has 0 heterocycles. The molecule has 0 amide bonds. The van der Waals surface area contributed by atoms with Gasteiger partial charge in [0.05, 0.1) is 0 Å². The van der Waals surface area contributed by atoms with Gasteiger partial charge in [-0.1, -0.05) is 29.8 Å². The normalized spacial score (nSPS) is 13.4. The van der Waals surface area contributed by atoms with Crippen molar-refractivity contribution in [1.82, 2.24) is 0 Å². The summed E-state index contributed by atoms with van der Waals surface area (Å²) >= 11 is 3.23. The molecule has 0 aromatic heterocycles. The van der Waals surface area contributed by atoms with Crippen molar-refractivity contribution in [3.63, 3.8) is 0 Å². The van der Waals surface area contributed by atoms with E-state index in [9.17, 15) is 13.2 Å². The van der Waals surface area contributed by atoms with Crippen molar-refractivity contribution in [3.8, 4) is 0 Å². The second-order valence-corrected chi connectivity index (χ2v) is 4.42. The second-order valence-electron chi connectivity index (χ2n) is 3.43. The fourth-order valence-corrected chi connectivity index (χ4v) is 1.46. The highest BCUT2D eigenvalue weighted by molar-refractivity contribution is 9.09. The minimum absolute atomic E-state index is 0.106. The molecule has 0 saturated heterocycles. The quantitative estimate of drug-likeness (QED) is 0.556. The average Bonchev–Trinajstić information content (AvgIpc) is 2.10. The maximum Gasteiger partial charge on any atom is 0.161 e. The van der Waals surface area contributed by atoms with Crippen LogP contribution in [0.1, 0.15) is 24.2 Å². The maximum atomic E-state index is 13.2. The van der Waals surface area contributed by atoms with Crippen molar-refractivity contribution in [1.29, 1.82) is 0 Å². The van der Waals surface area contributed by atoms with Crippen molar-refractivity contribution in [2.24, 2.45) is 5.92 Å². The maximum absolute atomic E-state index is 13.2. The average molecular weight is 267 g/mol. The summed E-state index contributed by atoms with van der Waals surface area (Å²) in [6.07, 6.45) is 0. The van der Waals surface area contributed by atoms with Gasteiger partial charge in [0.2, 0.25) is 0 Å². The van der Waals surface area contributed by atoms with Gasteiger partial charge >= 0.3 is 0 Å². The third kappa shape index (κ3) is 2.29. The predicted molar refractivity (Wildman–Crippen MR) is 52.8 cm³/mol. The molecule has 0 fully saturated rings. The van der Waals surface area contributed by atoms with Gasteiger partial charge in [0.1, 0.15) is 5.82 Å². The van der Waals surface area contributed by atoms with Gasteiger partial charge in [-0.05, 0) is 12.0 Å². The summed E-state index contributed by atoms with van der Waals surface area (Å²) in [5.74, 6) is -2.80. The van der Waals surface area contributed by atoms with E-state index >= 15 is 0 Å². The Morgan fingerprint density at radius 2 is 1.50 bits per heavy atom. The molecule has 14 heavy (non-hydrogen) atoms. The van der Waals surface area contributed by atoms with E-state index in [1.807, 2.05) is 13.8 Å². The van der Waals surface area contributed by atoms with Crippen LogP contribution >= 0.6 is 15.9 Å². The van der Waals surface area contributed by atoms with E-state index in [0.29, 0.717) is 6.07 Å². The Morgan fingerprint density at radius 1 is 1.00 bits per heavy atom. The van der Waals surface area contributed by atoms with Gasteiger partial charge in [-0.2, -0.15) is 0 Å². The van der Waals surface area contributed by atoms with E-state index in [1.54, 1.807) is 0 Å². The molecule has 0 spiro atoms. The lowest BCUT2D eigenvalue weighted by Gasteiger charge is -2.14.